The Hall–Kier alpha value is -3.26. The van der Waals surface area contributed by atoms with E-state index in [1.807, 2.05) is 37.4 Å². The van der Waals surface area contributed by atoms with Crippen LogP contribution < -0.4 is 5.32 Å². The van der Waals surface area contributed by atoms with Crippen molar-refractivity contribution in [3.8, 4) is 28.5 Å². The first kappa shape index (κ1) is 15.6. The molecule has 0 unspecified atom stereocenters. The molecule has 24 heavy (non-hydrogen) atoms. The Morgan fingerprint density at radius 3 is 2.58 bits per heavy atom. The van der Waals surface area contributed by atoms with Gasteiger partial charge in [0, 0.05) is 36.1 Å². The van der Waals surface area contributed by atoms with Crippen molar-refractivity contribution in [3.63, 3.8) is 0 Å². The number of hydrogen-bond donors (Lipinski definition) is 1. The smallest absolute Gasteiger partial charge is 0.130 e. The Kier molecular flexibility index (Phi) is 4.78. The highest BCUT2D eigenvalue weighted by Crippen LogP contribution is 2.25. The molecule has 3 aromatic rings. The summed E-state index contributed by atoms with van der Waals surface area (Å²) in [7, 11) is 0. The number of anilines is 1. The third kappa shape index (κ3) is 3.73. The van der Waals surface area contributed by atoms with Gasteiger partial charge in [0.25, 0.3) is 0 Å². The summed E-state index contributed by atoms with van der Waals surface area (Å²) in [5.74, 6) is 1.40. The van der Waals surface area contributed by atoms with Crippen molar-refractivity contribution >= 4 is 5.82 Å². The van der Waals surface area contributed by atoms with Crippen LogP contribution in [-0.2, 0) is 0 Å². The first-order chi connectivity index (χ1) is 11.8. The number of benzene rings is 1. The van der Waals surface area contributed by atoms with Gasteiger partial charge in [0.2, 0.25) is 0 Å². The monoisotopic (exact) mass is 315 g/mol. The Balaban J connectivity index is 1.93. The second-order valence-corrected chi connectivity index (χ2v) is 5.35. The van der Waals surface area contributed by atoms with E-state index >= 15 is 0 Å². The van der Waals surface area contributed by atoms with E-state index < -0.39 is 0 Å². The van der Waals surface area contributed by atoms with Gasteiger partial charge in [0.15, 0.2) is 0 Å². The zero-order valence-electron chi connectivity index (χ0n) is 13.4. The van der Waals surface area contributed by atoms with Gasteiger partial charge < -0.3 is 5.32 Å². The molecule has 0 aliphatic heterocycles. The van der Waals surface area contributed by atoms with Crippen LogP contribution in [0.4, 0.5) is 5.82 Å². The molecule has 0 bridgehead atoms. The lowest BCUT2D eigenvalue weighted by Gasteiger charge is -2.08. The van der Waals surface area contributed by atoms with E-state index in [-0.39, 0.29) is 0 Å². The van der Waals surface area contributed by atoms with Gasteiger partial charge >= 0.3 is 0 Å². The molecule has 0 spiro atoms. The Morgan fingerprint density at radius 2 is 1.79 bits per heavy atom. The minimum absolute atomic E-state index is 0.434. The topological polar surface area (TPSA) is 74.5 Å². The average molecular weight is 315 g/mol. The fourth-order valence-electron chi connectivity index (χ4n) is 2.42. The normalized spacial score (nSPS) is 10.2. The predicted octanol–water partition coefficient (Wildman–Crippen LogP) is 3.84. The highest BCUT2D eigenvalue weighted by atomic mass is 15.0. The lowest BCUT2D eigenvalue weighted by atomic mass is 10.0. The number of aryl methyl sites for hydroxylation is 1. The van der Waals surface area contributed by atoms with Gasteiger partial charge in [-0.15, -0.1) is 0 Å². The molecule has 5 nitrogen and oxygen atoms in total. The summed E-state index contributed by atoms with van der Waals surface area (Å²) in [6.07, 6.45) is 4.08. The van der Waals surface area contributed by atoms with Crippen LogP contribution in [0.5, 0.6) is 0 Å². The molecular formula is C19H17N5. The molecule has 3 rings (SSSR count). The van der Waals surface area contributed by atoms with Crippen LogP contribution in [-0.4, -0.2) is 21.5 Å². The molecule has 5 heteroatoms. The summed E-state index contributed by atoms with van der Waals surface area (Å²) in [6, 6.07) is 16.2. The summed E-state index contributed by atoms with van der Waals surface area (Å²) in [5.41, 5.74) is 3.91. The molecular weight excluding hydrogens is 298 g/mol. The first-order valence-electron chi connectivity index (χ1n) is 7.73. The number of rotatable bonds is 5. The minimum atomic E-state index is 0.434. The maximum absolute atomic E-state index is 8.64. The summed E-state index contributed by atoms with van der Waals surface area (Å²) in [6.45, 7) is 2.42. The van der Waals surface area contributed by atoms with Gasteiger partial charge in [-0.1, -0.05) is 30.3 Å². The maximum atomic E-state index is 8.64. The number of nitrogens with zero attached hydrogens (tertiary/aromatic N) is 4. The average Bonchev–Trinajstić information content (AvgIpc) is 2.62. The summed E-state index contributed by atoms with van der Waals surface area (Å²) < 4.78 is 0. The Morgan fingerprint density at radius 1 is 1.00 bits per heavy atom. The van der Waals surface area contributed by atoms with Crippen molar-refractivity contribution in [1.29, 1.82) is 5.26 Å². The predicted molar refractivity (Wildman–Crippen MR) is 94.2 cm³/mol. The fraction of sp³-hybridized carbons (Fsp3) is 0.158. The van der Waals surface area contributed by atoms with Crippen LogP contribution in [0.2, 0.25) is 0 Å². The van der Waals surface area contributed by atoms with E-state index in [4.69, 9.17) is 5.26 Å². The minimum Gasteiger partial charge on any atom is -0.369 e. The lowest BCUT2D eigenvalue weighted by Crippen LogP contribution is -2.04. The van der Waals surface area contributed by atoms with E-state index in [1.165, 1.54) is 0 Å². The fourth-order valence-corrected chi connectivity index (χ4v) is 2.42. The van der Waals surface area contributed by atoms with Gasteiger partial charge in [-0.05, 0) is 18.6 Å². The Labute approximate surface area is 141 Å². The zero-order chi connectivity index (χ0) is 16.8. The maximum Gasteiger partial charge on any atom is 0.130 e. The van der Waals surface area contributed by atoms with Gasteiger partial charge in [0.05, 0.1) is 18.2 Å². The van der Waals surface area contributed by atoms with E-state index in [0.717, 1.165) is 28.2 Å². The molecule has 0 radical (unpaired) electrons. The quantitative estimate of drug-likeness (QED) is 0.724. The standard InChI is InChI=1S/C19H17N5/c1-14-23-18(11-19(24-14)22-9-5-8-20)17-10-16(12-21-13-17)15-6-3-2-4-7-15/h2-4,6-7,10-13H,5,9H2,1H3,(H,22,23,24). The Bertz CT molecular complexity index is 868. The molecule has 2 aromatic heterocycles. The van der Waals surface area contributed by atoms with Crippen LogP contribution in [0.15, 0.2) is 54.9 Å². The largest absolute Gasteiger partial charge is 0.369 e. The van der Waals surface area contributed by atoms with Crippen molar-refractivity contribution in [2.75, 3.05) is 11.9 Å². The van der Waals surface area contributed by atoms with Crippen LogP contribution >= 0.6 is 0 Å². The highest BCUT2D eigenvalue weighted by molar-refractivity contribution is 5.71. The van der Waals surface area contributed by atoms with Crippen molar-refractivity contribution in [2.24, 2.45) is 0 Å². The van der Waals surface area contributed by atoms with E-state index in [0.29, 0.717) is 18.8 Å². The van der Waals surface area contributed by atoms with E-state index in [2.05, 4.69) is 44.5 Å². The molecule has 2 heterocycles. The molecule has 1 aromatic carbocycles. The number of hydrogen-bond acceptors (Lipinski definition) is 5. The highest BCUT2D eigenvalue weighted by Gasteiger charge is 2.07. The van der Waals surface area contributed by atoms with Crippen molar-refractivity contribution < 1.29 is 0 Å². The number of aromatic nitrogens is 3. The molecule has 0 amide bonds. The van der Waals surface area contributed by atoms with Crippen molar-refractivity contribution in [3.05, 3.63) is 60.7 Å². The van der Waals surface area contributed by atoms with Gasteiger partial charge in [0.1, 0.15) is 11.6 Å². The lowest BCUT2D eigenvalue weighted by molar-refractivity contribution is 1.01. The van der Waals surface area contributed by atoms with Crippen LogP contribution in [0.25, 0.3) is 22.4 Å². The molecule has 0 atom stereocenters. The second-order valence-electron chi connectivity index (χ2n) is 5.35. The number of nitrogens with one attached hydrogen (secondary N) is 1. The SMILES string of the molecule is Cc1nc(NCCC#N)cc(-c2cncc(-c3ccccc3)c2)n1. The van der Waals surface area contributed by atoms with Crippen molar-refractivity contribution in [2.45, 2.75) is 13.3 Å². The third-order valence-electron chi connectivity index (χ3n) is 3.52. The summed E-state index contributed by atoms with van der Waals surface area (Å²) in [4.78, 5) is 13.2. The molecule has 0 aliphatic rings. The molecule has 0 fully saturated rings. The van der Waals surface area contributed by atoms with E-state index in [9.17, 15) is 0 Å². The summed E-state index contributed by atoms with van der Waals surface area (Å²) in [5, 5.41) is 11.8. The molecule has 0 saturated heterocycles. The van der Waals surface area contributed by atoms with Crippen LogP contribution in [0.3, 0.4) is 0 Å². The number of pyridine rings is 1. The molecule has 118 valence electrons. The van der Waals surface area contributed by atoms with Gasteiger partial charge in [-0.2, -0.15) is 5.26 Å². The number of nitriles is 1. The molecule has 1 N–H and O–H groups in total. The van der Waals surface area contributed by atoms with Gasteiger partial charge in [-0.25, -0.2) is 9.97 Å². The first-order valence-corrected chi connectivity index (χ1v) is 7.73. The van der Waals surface area contributed by atoms with Crippen LogP contribution in [0.1, 0.15) is 12.2 Å². The van der Waals surface area contributed by atoms with Gasteiger partial charge in [-0.3, -0.25) is 4.98 Å². The molecule has 0 aliphatic carbocycles. The molecule has 0 saturated carbocycles. The second kappa shape index (κ2) is 7.34. The van der Waals surface area contributed by atoms with Crippen LogP contribution in [0, 0.1) is 18.3 Å². The zero-order valence-corrected chi connectivity index (χ0v) is 13.4. The summed E-state index contributed by atoms with van der Waals surface area (Å²) >= 11 is 0. The van der Waals surface area contributed by atoms with Crippen molar-refractivity contribution in [1.82, 2.24) is 15.0 Å². The van der Waals surface area contributed by atoms with E-state index in [1.54, 1.807) is 6.20 Å². The third-order valence-corrected chi connectivity index (χ3v) is 3.52.